The Kier molecular flexibility index (Phi) is 6.51. The Bertz CT molecular complexity index is 795. The van der Waals surface area contributed by atoms with Crippen molar-refractivity contribution in [2.45, 2.75) is 32.5 Å². The number of rotatable bonds is 2. The molecule has 4 rings (SSSR count). The summed E-state index contributed by atoms with van der Waals surface area (Å²) in [5.74, 6) is 0. The first-order valence-corrected chi connectivity index (χ1v) is 8.21. The van der Waals surface area contributed by atoms with Crippen molar-refractivity contribution < 1.29 is 9.15 Å². The van der Waals surface area contributed by atoms with Crippen molar-refractivity contribution in [1.82, 2.24) is 10.2 Å². The minimum Gasteiger partial charge on any atom is -0.422 e. The van der Waals surface area contributed by atoms with Crippen LogP contribution < -0.4 is 10.9 Å². The molecule has 0 unspecified atom stereocenters. The molecule has 7 heteroatoms. The third-order valence-corrected chi connectivity index (χ3v) is 4.84. The molecule has 2 aromatic rings. The highest BCUT2D eigenvalue weighted by Gasteiger charge is 2.35. The SMILES string of the molecule is Cc1cc(C)c2oc(=O)cc(CN3C[C@@H]4NCCO[C@H]4C3)c2c1.Cl.Cl. The summed E-state index contributed by atoms with van der Waals surface area (Å²) in [7, 11) is 0. The predicted molar refractivity (Wildman–Crippen MR) is 103 cm³/mol. The number of hydrogen-bond donors (Lipinski definition) is 1. The Morgan fingerprint density at radius 3 is 2.76 bits per heavy atom. The molecule has 5 nitrogen and oxygen atoms in total. The fraction of sp³-hybridized carbons (Fsp3) is 0.500. The molecule has 3 heterocycles. The van der Waals surface area contributed by atoms with Gasteiger partial charge in [0.2, 0.25) is 0 Å². The lowest BCUT2D eigenvalue weighted by atomic mass is 10.0. The first kappa shape index (κ1) is 20.2. The van der Waals surface area contributed by atoms with Gasteiger partial charge in [-0.25, -0.2) is 4.79 Å². The molecule has 138 valence electrons. The van der Waals surface area contributed by atoms with Gasteiger partial charge in [0, 0.05) is 43.7 Å². The molecule has 0 radical (unpaired) electrons. The maximum atomic E-state index is 11.9. The number of morpholine rings is 1. The molecule has 1 aromatic heterocycles. The Morgan fingerprint density at radius 2 is 2.00 bits per heavy atom. The van der Waals surface area contributed by atoms with Crippen LogP contribution in [0.5, 0.6) is 0 Å². The molecule has 1 aromatic carbocycles. The number of halogens is 2. The van der Waals surface area contributed by atoms with Crippen LogP contribution in [0.3, 0.4) is 0 Å². The van der Waals surface area contributed by atoms with Crippen LogP contribution in [0.1, 0.15) is 16.7 Å². The highest BCUT2D eigenvalue weighted by atomic mass is 35.5. The van der Waals surface area contributed by atoms with Gasteiger partial charge in [-0.1, -0.05) is 6.07 Å². The van der Waals surface area contributed by atoms with E-state index in [4.69, 9.17) is 9.15 Å². The lowest BCUT2D eigenvalue weighted by Crippen LogP contribution is -2.47. The summed E-state index contributed by atoms with van der Waals surface area (Å²) in [6, 6.07) is 6.20. The third kappa shape index (κ3) is 4.01. The van der Waals surface area contributed by atoms with Gasteiger partial charge in [-0.05, 0) is 36.6 Å². The summed E-state index contributed by atoms with van der Waals surface area (Å²) in [4.78, 5) is 14.3. The topological polar surface area (TPSA) is 54.7 Å². The minimum atomic E-state index is -0.273. The Hall–Kier alpha value is -1.11. The number of likely N-dealkylation sites (tertiary alicyclic amines) is 1. The highest BCUT2D eigenvalue weighted by Crippen LogP contribution is 2.25. The van der Waals surface area contributed by atoms with Crippen LogP contribution in [0.25, 0.3) is 11.0 Å². The molecule has 1 N–H and O–H groups in total. The molecule has 2 aliphatic heterocycles. The minimum absolute atomic E-state index is 0. The Labute approximate surface area is 159 Å². The molecular weight excluding hydrogens is 363 g/mol. The smallest absolute Gasteiger partial charge is 0.336 e. The van der Waals surface area contributed by atoms with Crippen molar-refractivity contribution in [2.75, 3.05) is 26.2 Å². The standard InChI is InChI=1S/C18H22N2O3.2ClH/c1-11-5-12(2)18-14(6-11)13(7-17(21)23-18)8-20-9-15-16(10-20)22-4-3-19-15;;/h5-7,15-16,19H,3-4,8-10H2,1-2H3;2*1H/t15-,16-;;/m0../s1. The molecule has 0 bridgehead atoms. The quantitative estimate of drug-likeness (QED) is 0.803. The van der Waals surface area contributed by atoms with Crippen LogP contribution in [-0.4, -0.2) is 43.3 Å². The van der Waals surface area contributed by atoms with Crippen LogP contribution in [0.4, 0.5) is 0 Å². The van der Waals surface area contributed by atoms with Gasteiger partial charge in [0.25, 0.3) is 0 Å². The summed E-state index contributed by atoms with van der Waals surface area (Å²) in [5, 5.41) is 4.56. The van der Waals surface area contributed by atoms with Crippen molar-refractivity contribution in [3.05, 3.63) is 45.3 Å². The van der Waals surface area contributed by atoms with E-state index in [2.05, 4.69) is 29.3 Å². The number of nitrogens with one attached hydrogen (secondary N) is 1. The van der Waals surface area contributed by atoms with Gasteiger partial charge < -0.3 is 14.5 Å². The first-order chi connectivity index (χ1) is 11.1. The molecular formula is C18H24Cl2N2O3. The fourth-order valence-electron chi connectivity index (χ4n) is 3.85. The summed E-state index contributed by atoms with van der Waals surface area (Å²) < 4.78 is 11.3. The molecule has 2 fully saturated rings. The number of aryl methyl sites for hydroxylation is 2. The zero-order valence-corrected chi connectivity index (χ0v) is 16.0. The Morgan fingerprint density at radius 1 is 1.20 bits per heavy atom. The lowest BCUT2D eigenvalue weighted by Gasteiger charge is -2.25. The van der Waals surface area contributed by atoms with Crippen LogP contribution in [0, 0.1) is 13.8 Å². The van der Waals surface area contributed by atoms with Crippen molar-refractivity contribution in [3.8, 4) is 0 Å². The van der Waals surface area contributed by atoms with Gasteiger partial charge in [-0.3, -0.25) is 4.90 Å². The molecule has 0 aliphatic carbocycles. The van der Waals surface area contributed by atoms with E-state index in [1.165, 1.54) is 5.56 Å². The summed E-state index contributed by atoms with van der Waals surface area (Å²) in [6.45, 7) is 8.38. The third-order valence-electron chi connectivity index (χ3n) is 4.84. The summed E-state index contributed by atoms with van der Waals surface area (Å²) >= 11 is 0. The highest BCUT2D eigenvalue weighted by molar-refractivity contribution is 5.85. The molecule has 25 heavy (non-hydrogen) atoms. The van der Waals surface area contributed by atoms with Gasteiger partial charge >= 0.3 is 5.63 Å². The molecule has 0 amide bonds. The predicted octanol–water partition coefficient (Wildman–Crippen LogP) is 2.43. The fourth-order valence-corrected chi connectivity index (χ4v) is 3.85. The van der Waals surface area contributed by atoms with Gasteiger partial charge in [-0.15, -0.1) is 24.8 Å². The van der Waals surface area contributed by atoms with E-state index in [1.54, 1.807) is 6.07 Å². The van der Waals surface area contributed by atoms with Gasteiger partial charge in [-0.2, -0.15) is 0 Å². The second-order valence-electron chi connectivity index (χ2n) is 6.71. The van der Waals surface area contributed by atoms with E-state index in [0.717, 1.165) is 49.3 Å². The van der Waals surface area contributed by atoms with Crippen molar-refractivity contribution in [1.29, 1.82) is 0 Å². The zero-order chi connectivity index (χ0) is 16.0. The van der Waals surface area contributed by atoms with E-state index in [0.29, 0.717) is 11.6 Å². The molecule has 0 spiro atoms. The molecule has 0 saturated carbocycles. The molecule has 2 atom stereocenters. The van der Waals surface area contributed by atoms with Crippen LogP contribution >= 0.6 is 24.8 Å². The number of hydrogen-bond acceptors (Lipinski definition) is 5. The van der Waals surface area contributed by atoms with E-state index in [9.17, 15) is 4.79 Å². The van der Waals surface area contributed by atoms with E-state index in [1.807, 2.05) is 6.92 Å². The summed E-state index contributed by atoms with van der Waals surface area (Å²) in [5.41, 5.74) is 3.68. The number of fused-ring (bicyclic) bond motifs is 2. The molecule has 2 saturated heterocycles. The maximum absolute atomic E-state index is 11.9. The molecule has 2 aliphatic rings. The second kappa shape index (κ2) is 8.06. The number of ether oxygens (including phenoxy) is 1. The van der Waals surface area contributed by atoms with E-state index in [-0.39, 0.29) is 36.5 Å². The number of benzene rings is 1. The van der Waals surface area contributed by atoms with Gasteiger partial charge in [0.05, 0.1) is 12.7 Å². The van der Waals surface area contributed by atoms with Crippen LogP contribution in [0.2, 0.25) is 0 Å². The first-order valence-electron chi connectivity index (χ1n) is 8.21. The van der Waals surface area contributed by atoms with Gasteiger partial charge in [0.15, 0.2) is 0 Å². The maximum Gasteiger partial charge on any atom is 0.336 e. The number of nitrogens with zero attached hydrogens (tertiary/aromatic N) is 1. The van der Waals surface area contributed by atoms with Crippen molar-refractivity contribution in [3.63, 3.8) is 0 Å². The van der Waals surface area contributed by atoms with E-state index >= 15 is 0 Å². The van der Waals surface area contributed by atoms with Crippen LogP contribution in [0.15, 0.2) is 27.4 Å². The summed E-state index contributed by atoms with van der Waals surface area (Å²) in [6.07, 6.45) is 0.263. The Balaban J connectivity index is 0.00000113. The average molecular weight is 387 g/mol. The lowest BCUT2D eigenvalue weighted by molar-refractivity contribution is 0.0175. The monoisotopic (exact) mass is 386 g/mol. The van der Waals surface area contributed by atoms with Crippen LogP contribution in [-0.2, 0) is 11.3 Å². The average Bonchev–Trinajstić information content (AvgIpc) is 2.90. The van der Waals surface area contributed by atoms with Gasteiger partial charge in [0.1, 0.15) is 5.58 Å². The largest absolute Gasteiger partial charge is 0.422 e. The normalized spacial score (nSPS) is 23.0. The van der Waals surface area contributed by atoms with Crippen molar-refractivity contribution >= 4 is 35.8 Å². The van der Waals surface area contributed by atoms with E-state index < -0.39 is 0 Å². The second-order valence-corrected chi connectivity index (χ2v) is 6.71. The zero-order valence-electron chi connectivity index (χ0n) is 14.4. The van der Waals surface area contributed by atoms with Crippen molar-refractivity contribution in [2.24, 2.45) is 0 Å².